The van der Waals surface area contributed by atoms with E-state index >= 15 is 0 Å². The van der Waals surface area contributed by atoms with Gasteiger partial charge >= 0.3 is 0 Å². The van der Waals surface area contributed by atoms with E-state index in [0.29, 0.717) is 0 Å². The standard InChI is InChI=1S/C10H21N3O2/c1-9(2,3)6(11)7(14)13-10(4,5)8(12)15/h6H,11H2,1-5H3,(H2,12,15)(H,13,14). The van der Waals surface area contributed by atoms with Gasteiger partial charge in [0.15, 0.2) is 0 Å². The number of rotatable bonds is 3. The summed E-state index contributed by atoms with van der Waals surface area (Å²) in [7, 11) is 0. The van der Waals surface area contributed by atoms with Gasteiger partial charge in [0.05, 0.1) is 6.04 Å². The Morgan fingerprint density at radius 1 is 1.13 bits per heavy atom. The minimum atomic E-state index is -1.07. The summed E-state index contributed by atoms with van der Waals surface area (Å²) in [6.45, 7) is 8.66. The molecule has 0 rings (SSSR count). The zero-order valence-corrected chi connectivity index (χ0v) is 10.0. The molecule has 0 spiro atoms. The van der Waals surface area contributed by atoms with Crippen LogP contribution in [0.2, 0.25) is 0 Å². The summed E-state index contributed by atoms with van der Waals surface area (Å²) < 4.78 is 0. The normalized spacial score (nSPS) is 14.5. The van der Waals surface area contributed by atoms with Crippen molar-refractivity contribution in [2.45, 2.75) is 46.2 Å². The van der Waals surface area contributed by atoms with Crippen molar-refractivity contribution in [1.29, 1.82) is 0 Å². The van der Waals surface area contributed by atoms with Gasteiger partial charge < -0.3 is 16.8 Å². The Bertz CT molecular complexity index is 266. The molecule has 0 saturated heterocycles. The van der Waals surface area contributed by atoms with E-state index in [1.165, 1.54) is 0 Å². The number of carbonyl (C=O) groups excluding carboxylic acids is 2. The monoisotopic (exact) mass is 215 g/mol. The molecule has 0 bridgehead atoms. The molecule has 5 N–H and O–H groups in total. The van der Waals surface area contributed by atoms with Gasteiger partial charge in [-0.2, -0.15) is 0 Å². The van der Waals surface area contributed by atoms with E-state index in [0.717, 1.165) is 0 Å². The molecule has 5 nitrogen and oxygen atoms in total. The van der Waals surface area contributed by atoms with Crippen LogP contribution in [0.15, 0.2) is 0 Å². The summed E-state index contributed by atoms with van der Waals surface area (Å²) in [5.41, 5.74) is 9.45. The fraction of sp³-hybridized carbons (Fsp3) is 0.800. The molecule has 1 atom stereocenters. The number of amides is 2. The van der Waals surface area contributed by atoms with E-state index in [-0.39, 0.29) is 11.3 Å². The molecule has 1 unspecified atom stereocenters. The average Bonchev–Trinajstić information content (AvgIpc) is 2.00. The van der Waals surface area contributed by atoms with E-state index < -0.39 is 17.5 Å². The van der Waals surface area contributed by atoms with Crippen LogP contribution >= 0.6 is 0 Å². The quantitative estimate of drug-likeness (QED) is 0.605. The molecule has 2 amide bonds. The second-order valence-electron chi connectivity index (χ2n) is 5.32. The summed E-state index contributed by atoms with van der Waals surface area (Å²) in [6, 6.07) is -0.670. The first-order valence-electron chi connectivity index (χ1n) is 4.86. The van der Waals surface area contributed by atoms with Crippen molar-refractivity contribution in [3.63, 3.8) is 0 Å². The van der Waals surface area contributed by atoms with Gasteiger partial charge in [0.25, 0.3) is 0 Å². The molecule has 0 aromatic rings. The van der Waals surface area contributed by atoms with Gasteiger partial charge in [-0.25, -0.2) is 0 Å². The number of hydrogen-bond donors (Lipinski definition) is 3. The van der Waals surface area contributed by atoms with Crippen LogP contribution in [0.1, 0.15) is 34.6 Å². The zero-order valence-electron chi connectivity index (χ0n) is 10.0. The molecular weight excluding hydrogens is 194 g/mol. The van der Waals surface area contributed by atoms with Gasteiger partial charge in [-0.15, -0.1) is 0 Å². The molecule has 0 fully saturated rings. The van der Waals surface area contributed by atoms with Crippen LogP contribution < -0.4 is 16.8 Å². The fourth-order valence-corrected chi connectivity index (χ4v) is 0.841. The third-order valence-corrected chi connectivity index (χ3v) is 2.27. The van der Waals surface area contributed by atoms with Crippen molar-refractivity contribution in [1.82, 2.24) is 5.32 Å². The van der Waals surface area contributed by atoms with Gasteiger partial charge in [-0.05, 0) is 19.3 Å². The lowest BCUT2D eigenvalue weighted by molar-refractivity contribution is -0.132. The minimum absolute atomic E-state index is 0.349. The number of nitrogens with two attached hydrogens (primary N) is 2. The lowest BCUT2D eigenvalue weighted by Crippen LogP contribution is -2.59. The van der Waals surface area contributed by atoms with Crippen LogP contribution in [0.25, 0.3) is 0 Å². The van der Waals surface area contributed by atoms with Gasteiger partial charge in [-0.3, -0.25) is 9.59 Å². The Labute approximate surface area is 90.6 Å². The summed E-state index contributed by atoms with van der Waals surface area (Å²) >= 11 is 0. The third kappa shape index (κ3) is 3.87. The Morgan fingerprint density at radius 3 is 1.80 bits per heavy atom. The topological polar surface area (TPSA) is 98.2 Å². The van der Waals surface area contributed by atoms with Crippen molar-refractivity contribution >= 4 is 11.8 Å². The second kappa shape index (κ2) is 4.18. The van der Waals surface area contributed by atoms with Gasteiger partial charge in [0.2, 0.25) is 11.8 Å². The molecule has 0 aliphatic heterocycles. The van der Waals surface area contributed by atoms with Crippen molar-refractivity contribution in [3.05, 3.63) is 0 Å². The summed E-state index contributed by atoms with van der Waals surface area (Å²) in [6.07, 6.45) is 0. The average molecular weight is 215 g/mol. The molecule has 15 heavy (non-hydrogen) atoms. The van der Waals surface area contributed by atoms with E-state index in [9.17, 15) is 9.59 Å². The molecule has 0 aromatic carbocycles. The highest BCUT2D eigenvalue weighted by Gasteiger charge is 2.33. The molecule has 88 valence electrons. The summed E-state index contributed by atoms with van der Waals surface area (Å²) in [4.78, 5) is 22.7. The largest absolute Gasteiger partial charge is 0.368 e. The van der Waals surface area contributed by atoms with Crippen LogP contribution in [-0.4, -0.2) is 23.4 Å². The van der Waals surface area contributed by atoms with Crippen LogP contribution in [0.5, 0.6) is 0 Å². The first kappa shape index (κ1) is 13.9. The lowest BCUT2D eigenvalue weighted by atomic mass is 9.86. The Balaban J connectivity index is 4.58. The highest BCUT2D eigenvalue weighted by Crippen LogP contribution is 2.18. The maximum atomic E-state index is 11.7. The molecule has 0 aliphatic rings. The van der Waals surface area contributed by atoms with E-state index in [2.05, 4.69) is 5.32 Å². The number of nitrogens with one attached hydrogen (secondary N) is 1. The SMILES string of the molecule is CC(C)(NC(=O)C(N)C(C)(C)C)C(N)=O. The zero-order chi connectivity index (χ0) is 12.4. The maximum absolute atomic E-state index is 11.7. The first-order chi connectivity index (χ1) is 6.48. The van der Waals surface area contributed by atoms with Gasteiger partial charge in [0, 0.05) is 0 Å². The molecule has 0 heterocycles. The van der Waals surface area contributed by atoms with Crippen molar-refractivity contribution in [2.75, 3.05) is 0 Å². The van der Waals surface area contributed by atoms with Gasteiger partial charge in [-0.1, -0.05) is 20.8 Å². The molecule has 0 aromatic heterocycles. The first-order valence-corrected chi connectivity index (χ1v) is 4.86. The van der Waals surface area contributed by atoms with E-state index in [1.54, 1.807) is 13.8 Å². The van der Waals surface area contributed by atoms with E-state index in [4.69, 9.17) is 11.5 Å². The maximum Gasteiger partial charge on any atom is 0.242 e. The predicted octanol–water partition coefficient (Wildman–Crippen LogP) is -0.260. The number of hydrogen-bond acceptors (Lipinski definition) is 3. The highest BCUT2D eigenvalue weighted by atomic mass is 16.2. The Kier molecular flexibility index (Phi) is 3.88. The van der Waals surface area contributed by atoms with Crippen molar-refractivity contribution < 1.29 is 9.59 Å². The predicted molar refractivity (Wildman–Crippen MR) is 58.8 cm³/mol. The Hall–Kier alpha value is -1.10. The van der Waals surface area contributed by atoms with Crippen molar-refractivity contribution in [3.8, 4) is 0 Å². The van der Waals surface area contributed by atoms with Crippen LogP contribution in [0, 0.1) is 5.41 Å². The Morgan fingerprint density at radius 2 is 1.53 bits per heavy atom. The molecule has 0 radical (unpaired) electrons. The second-order valence-corrected chi connectivity index (χ2v) is 5.32. The molecule has 5 heteroatoms. The summed E-state index contributed by atoms with van der Waals surface area (Å²) in [5.74, 6) is -0.955. The summed E-state index contributed by atoms with van der Waals surface area (Å²) in [5, 5.41) is 2.52. The fourth-order valence-electron chi connectivity index (χ4n) is 0.841. The van der Waals surface area contributed by atoms with Crippen LogP contribution in [-0.2, 0) is 9.59 Å². The third-order valence-electron chi connectivity index (χ3n) is 2.27. The molecule has 0 saturated carbocycles. The van der Waals surface area contributed by atoms with Gasteiger partial charge in [0.1, 0.15) is 5.54 Å². The molecule has 0 aliphatic carbocycles. The van der Waals surface area contributed by atoms with Crippen molar-refractivity contribution in [2.24, 2.45) is 16.9 Å². The highest BCUT2D eigenvalue weighted by molar-refractivity contribution is 5.91. The van der Waals surface area contributed by atoms with Crippen LogP contribution in [0.4, 0.5) is 0 Å². The number of carbonyl (C=O) groups is 2. The smallest absolute Gasteiger partial charge is 0.242 e. The number of primary amides is 1. The lowest BCUT2D eigenvalue weighted by Gasteiger charge is -2.30. The van der Waals surface area contributed by atoms with Crippen LogP contribution in [0.3, 0.4) is 0 Å². The van der Waals surface area contributed by atoms with E-state index in [1.807, 2.05) is 20.8 Å². The molecular formula is C10H21N3O2. The minimum Gasteiger partial charge on any atom is -0.368 e.